The average Bonchev–Trinajstić information content (AvgIpc) is 3.00. The van der Waals surface area contributed by atoms with Gasteiger partial charge in [-0.1, -0.05) is 28.1 Å². The highest BCUT2D eigenvalue weighted by Gasteiger charge is 2.14. The van der Waals surface area contributed by atoms with Gasteiger partial charge in [0.05, 0.1) is 16.8 Å². The fourth-order valence-corrected chi connectivity index (χ4v) is 3.23. The van der Waals surface area contributed by atoms with Crippen LogP contribution < -0.4 is 5.73 Å². The highest BCUT2D eigenvalue weighted by atomic mass is 79.9. The Morgan fingerprint density at radius 3 is 2.71 bits per heavy atom. The Morgan fingerprint density at radius 2 is 1.96 bits per heavy atom. The van der Waals surface area contributed by atoms with Crippen molar-refractivity contribution in [3.63, 3.8) is 0 Å². The van der Waals surface area contributed by atoms with Crippen LogP contribution in [0.3, 0.4) is 0 Å². The lowest BCUT2D eigenvalue weighted by atomic mass is 10.0. The number of pyridine rings is 1. The third kappa shape index (κ3) is 2.45. The quantitative estimate of drug-likeness (QED) is 0.570. The number of fused-ring (bicyclic) bond motifs is 1. The zero-order valence-electron chi connectivity index (χ0n) is 12.9. The van der Waals surface area contributed by atoms with Gasteiger partial charge in [-0.05, 0) is 41.5 Å². The van der Waals surface area contributed by atoms with Gasteiger partial charge in [0.25, 0.3) is 0 Å². The monoisotopic (exact) mass is 379 g/mol. The molecular formula is C18H14BrN5. The summed E-state index contributed by atoms with van der Waals surface area (Å²) in [5.41, 5.74) is 10.6. The van der Waals surface area contributed by atoms with Crippen LogP contribution in [0.1, 0.15) is 0 Å². The van der Waals surface area contributed by atoms with Crippen molar-refractivity contribution in [2.45, 2.75) is 0 Å². The molecule has 0 aliphatic rings. The molecule has 2 N–H and O–H groups in total. The van der Waals surface area contributed by atoms with Crippen LogP contribution in [0.2, 0.25) is 0 Å². The summed E-state index contributed by atoms with van der Waals surface area (Å²) in [5.74, 6) is 0.431. The van der Waals surface area contributed by atoms with E-state index in [1.54, 1.807) is 0 Å². The van der Waals surface area contributed by atoms with E-state index in [4.69, 9.17) is 5.73 Å². The zero-order chi connectivity index (χ0) is 16.7. The fourth-order valence-electron chi connectivity index (χ4n) is 2.83. The molecule has 5 nitrogen and oxygen atoms in total. The van der Waals surface area contributed by atoms with Gasteiger partial charge in [-0.2, -0.15) is 0 Å². The lowest BCUT2D eigenvalue weighted by Crippen LogP contribution is -2.00. The Bertz CT molecular complexity index is 1050. The number of nitrogens with two attached hydrogens (primary N) is 1. The minimum Gasteiger partial charge on any atom is -0.383 e. The summed E-state index contributed by atoms with van der Waals surface area (Å²) in [7, 11) is 1.99. The molecule has 4 aromatic rings. The highest BCUT2D eigenvalue weighted by Crippen LogP contribution is 2.34. The van der Waals surface area contributed by atoms with E-state index in [9.17, 15) is 0 Å². The van der Waals surface area contributed by atoms with E-state index < -0.39 is 0 Å². The Morgan fingerprint density at radius 1 is 1.08 bits per heavy atom. The second kappa shape index (κ2) is 5.72. The molecule has 0 bridgehead atoms. The first-order valence-electron chi connectivity index (χ1n) is 7.42. The van der Waals surface area contributed by atoms with Crippen molar-refractivity contribution in [2.24, 2.45) is 7.05 Å². The van der Waals surface area contributed by atoms with Crippen molar-refractivity contribution < 1.29 is 0 Å². The molecule has 3 heterocycles. The van der Waals surface area contributed by atoms with Crippen LogP contribution in [-0.2, 0) is 7.05 Å². The topological polar surface area (TPSA) is 69.6 Å². The first-order valence-corrected chi connectivity index (χ1v) is 8.21. The average molecular weight is 380 g/mol. The van der Waals surface area contributed by atoms with Gasteiger partial charge in [-0.15, -0.1) is 0 Å². The molecule has 4 rings (SSSR count). The summed E-state index contributed by atoms with van der Waals surface area (Å²) in [6.07, 6.45) is 3.44. The number of nitrogen functional groups attached to an aromatic ring is 1. The summed E-state index contributed by atoms with van der Waals surface area (Å²) < 4.78 is 3.03. The van der Waals surface area contributed by atoms with Crippen molar-refractivity contribution in [1.82, 2.24) is 19.5 Å². The minimum atomic E-state index is 0.431. The maximum absolute atomic E-state index is 6.12. The van der Waals surface area contributed by atoms with Gasteiger partial charge in [0.1, 0.15) is 12.1 Å². The largest absolute Gasteiger partial charge is 0.383 e. The second-order valence-corrected chi connectivity index (χ2v) is 6.44. The van der Waals surface area contributed by atoms with E-state index in [2.05, 4.69) is 36.9 Å². The number of benzene rings is 1. The SMILES string of the molecule is Cn1cccc1-c1cc(-c2cccc(Br)c2)c2c(N)ncnc2n1. The predicted octanol–water partition coefficient (Wildman–Crippen LogP) is 4.04. The van der Waals surface area contributed by atoms with E-state index >= 15 is 0 Å². The van der Waals surface area contributed by atoms with Crippen molar-refractivity contribution in [2.75, 3.05) is 5.73 Å². The predicted molar refractivity (Wildman–Crippen MR) is 99.3 cm³/mol. The second-order valence-electron chi connectivity index (χ2n) is 5.53. The third-order valence-electron chi connectivity index (χ3n) is 3.98. The smallest absolute Gasteiger partial charge is 0.165 e. The molecule has 0 unspecified atom stereocenters. The standard InChI is InChI=1S/C18H14BrN5/c1-24-7-3-6-15(24)14-9-13(11-4-2-5-12(19)8-11)16-17(20)21-10-22-18(16)23-14/h2-10H,1H3,(H2,20,21,22,23). The number of aryl methyl sites for hydroxylation is 1. The van der Waals surface area contributed by atoms with Crippen molar-refractivity contribution in [3.8, 4) is 22.5 Å². The molecule has 0 saturated heterocycles. The molecule has 118 valence electrons. The number of hydrogen-bond acceptors (Lipinski definition) is 4. The maximum Gasteiger partial charge on any atom is 0.165 e. The molecule has 0 spiro atoms. The van der Waals surface area contributed by atoms with Crippen LogP contribution in [0.4, 0.5) is 5.82 Å². The first kappa shape index (κ1) is 14.8. The normalized spacial score (nSPS) is 11.1. The number of halogens is 1. The summed E-state index contributed by atoms with van der Waals surface area (Å²) in [6, 6.07) is 14.1. The van der Waals surface area contributed by atoms with E-state index in [1.807, 2.05) is 54.2 Å². The Labute approximate surface area is 147 Å². The molecule has 0 aliphatic carbocycles. The molecular weight excluding hydrogens is 366 g/mol. The van der Waals surface area contributed by atoms with E-state index in [-0.39, 0.29) is 0 Å². The van der Waals surface area contributed by atoms with Crippen molar-refractivity contribution >= 4 is 32.8 Å². The Kier molecular flexibility index (Phi) is 3.54. The van der Waals surface area contributed by atoms with Gasteiger partial charge in [0.2, 0.25) is 0 Å². The van der Waals surface area contributed by atoms with Gasteiger partial charge in [0.15, 0.2) is 5.65 Å². The molecule has 3 aromatic heterocycles. The molecule has 1 aromatic carbocycles. The van der Waals surface area contributed by atoms with E-state index in [0.717, 1.165) is 32.4 Å². The lowest BCUT2D eigenvalue weighted by molar-refractivity contribution is 0.931. The van der Waals surface area contributed by atoms with Crippen LogP contribution in [0.5, 0.6) is 0 Å². The first-order chi connectivity index (χ1) is 11.6. The van der Waals surface area contributed by atoms with Crippen LogP contribution in [0.15, 0.2) is 59.5 Å². The van der Waals surface area contributed by atoms with Crippen molar-refractivity contribution in [3.05, 3.63) is 59.5 Å². The Hall–Kier alpha value is -2.73. The molecule has 0 amide bonds. The molecule has 0 fully saturated rings. The van der Waals surface area contributed by atoms with Crippen LogP contribution in [0.25, 0.3) is 33.5 Å². The summed E-state index contributed by atoms with van der Waals surface area (Å²) in [5, 5.41) is 0.772. The number of hydrogen-bond donors (Lipinski definition) is 1. The van der Waals surface area contributed by atoms with Gasteiger partial charge in [0, 0.05) is 17.7 Å². The molecule has 0 aliphatic heterocycles. The molecule has 6 heteroatoms. The minimum absolute atomic E-state index is 0.431. The molecule has 0 saturated carbocycles. The number of aromatic nitrogens is 4. The van der Waals surface area contributed by atoms with Crippen molar-refractivity contribution in [1.29, 1.82) is 0 Å². The van der Waals surface area contributed by atoms with Gasteiger partial charge in [-0.25, -0.2) is 15.0 Å². The van der Waals surface area contributed by atoms with E-state index in [1.165, 1.54) is 6.33 Å². The van der Waals surface area contributed by atoms with Crippen LogP contribution >= 0.6 is 15.9 Å². The maximum atomic E-state index is 6.12. The summed E-state index contributed by atoms with van der Waals surface area (Å²) in [4.78, 5) is 13.1. The Balaban J connectivity index is 2.08. The highest BCUT2D eigenvalue weighted by molar-refractivity contribution is 9.10. The van der Waals surface area contributed by atoms with Crippen LogP contribution in [-0.4, -0.2) is 19.5 Å². The molecule has 0 atom stereocenters. The fraction of sp³-hybridized carbons (Fsp3) is 0.0556. The van der Waals surface area contributed by atoms with Gasteiger partial charge in [-0.3, -0.25) is 0 Å². The van der Waals surface area contributed by atoms with Gasteiger partial charge < -0.3 is 10.3 Å². The molecule has 0 radical (unpaired) electrons. The number of nitrogens with zero attached hydrogens (tertiary/aromatic N) is 4. The lowest BCUT2D eigenvalue weighted by Gasteiger charge is -2.11. The van der Waals surface area contributed by atoms with Crippen LogP contribution in [0, 0.1) is 0 Å². The third-order valence-corrected chi connectivity index (χ3v) is 4.47. The summed E-state index contributed by atoms with van der Waals surface area (Å²) >= 11 is 3.53. The van der Waals surface area contributed by atoms with Gasteiger partial charge >= 0.3 is 0 Å². The molecule has 24 heavy (non-hydrogen) atoms. The summed E-state index contributed by atoms with van der Waals surface area (Å²) in [6.45, 7) is 0. The zero-order valence-corrected chi connectivity index (χ0v) is 14.5. The number of anilines is 1. The number of rotatable bonds is 2. The van der Waals surface area contributed by atoms with E-state index in [0.29, 0.717) is 11.5 Å².